The van der Waals surface area contributed by atoms with Gasteiger partial charge in [0.15, 0.2) is 0 Å². The molecule has 0 fully saturated rings. The minimum Gasteiger partial charge on any atom is -0.325 e. The van der Waals surface area contributed by atoms with Gasteiger partial charge in [-0.15, -0.1) is 0 Å². The molecule has 0 unspecified atom stereocenters. The van der Waals surface area contributed by atoms with E-state index in [4.69, 9.17) is 11.6 Å². The summed E-state index contributed by atoms with van der Waals surface area (Å²) in [4.78, 5) is 12.1. The van der Waals surface area contributed by atoms with E-state index in [1.165, 1.54) is 6.07 Å². The summed E-state index contributed by atoms with van der Waals surface area (Å²) in [5, 5.41) is 3.14. The van der Waals surface area contributed by atoms with Gasteiger partial charge < -0.3 is 5.32 Å². The molecule has 0 aromatic heterocycles. The number of anilines is 1. The maximum atomic E-state index is 12.3. The predicted molar refractivity (Wildman–Crippen MR) is 95.9 cm³/mol. The molecular weight excluding hydrogens is 348 g/mol. The van der Waals surface area contributed by atoms with Crippen LogP contribution in [0.5, 0.6) is 0 Å². The second kappa shape index (κ2) is 7.34. The molecule has 2 aromatic rings. The molecule has 0 atom stereocenters. The second-order valence-corrected chi connectivity index (χ2v) is 7.78. The van der Waals surface area contributed by atoms with E-state index < -0.39 is 15.9 Å². The molecule has 0 radical (unpaired) electrons. The molecule has 2 rings (SSSR count). The van der Waals surface area contributed by atoms with Gasteiger partial charge in [0.1, 0.15) is 0 Å². The fourth-order valence-corrected chi connectivity index (χ4v) is 3.29. The molecule has 0 aliphatic carbocycles. The van der Waals surface area contributed by atoms with Crippen LogP contribution in [-0.4, -0.2) is 20.9 Å². The van der Waals surface area contributed by atoms with E-state index in [1.54, 1.807) is 30.3 Å². The number of benzene rings is 2. The summed E-state index contributed by atoms with van der Waals surface area (Å²) in [5.41, 5.74) is 3.27. The minimum absolute atomic E-state index is 0.136. The van der Waals surface area contributed by atoms with Crippen LogP contribution in [-0.2, 0) is 14.8 Å². The number of carbonyl (C=O) groups is 1. The van der Waals surface area contributed by atoms with Crippen molar-refractivity contribution in [3.8, 4) is 0 Å². The van der Waals surface area contributed by atoms with Gasteiger partial charge in [-0.05, 0) is 61.7 Å². The Morgan fingerprint density at radius 2 is 1.67 bits per heavy atom. The zero-order chi connectivity index (χ0) is 17.9. The fraction of sp³-hybridized carbons (Fsp3) is 0.235. The molecule has 7 heteroatoms. The number of sulfonamides is 1. The third-order valence-corrected chi connectivity index (χ3v) is 5.32. The maximum absolute atomic E-state index is 12.3. The summed E-state index contributed by atoms with van der Waals surface area (Å²) < 4.78 is 26.8. The summed E-state index contributed by atoms with van der Waals surface area (Å²) in [7, 11) is -3.74. The van der Waals surface area contributed by atoms with Gasteiger partial charge in [-0.1, -0.05) is 23.7 Å². The monoisotopic (exact) mass is 366 g/mol. The van der Waals surface area contributed by atoms with Crippen molar-refractivity contribution in [2.45, 2.75) is 25.7 Å². The van der Waals surface area contributed by atoms with Gasteiger partial charge in [0.2, 0.25) is 15.9 Å². The van der Waals surface area contributed by atoms with E-state index in [1.807, 2.05) is 20.8 Å². The third-order valence-electron chi connectivity index (χ3n) is 3.69. The molecule has 128 valence electrons. The Morgan fingerprint density at radius 3 is 2.33 bits per heavy atom. The Bertz CT molecular complexity index is 879. The Hall–Kier alpha value is -1.89. The highest BCUT2D eigenvalue weighted by molar-refractivity contribution is 7.89. The van der Waals surface area contributed by atoms with Crippen molar-refractivity contribution >= 4 is 33.2 Å². The van der Waals surface area contributed by atoms with Crippen LogP contribution in [0.15, 0.2) is 41.3 Å². The maximum Gasteiger partial charge on any atom is 0.241 e. The Labute approximate surface area is 147 Å². The molecule has 0 saturated carbocycles. The van der Waals surface area contributed by atoms with Crippen molar-refractivity contribution in [2.24, 2.45) is 0 Å². The summed E-state index contributed by atoms with van der Waals surface area (Å²) in [5.74, 6) is -0.465. The van der Waals surface area contributed by atoms with Crippen molar-refractivity contribution in [3.05, 3.63) is 58.1 Å². The second-order valence-electron chi connectivity index (χ2n) is 5.58. The lowest BCUT2D eigenvalue weighted by atomic mass is 10.1. The molecule has 0 aliphatic heterocycles. The molecule has 5 nitrogen and oxygen atoms in total. The van der Waals surface area contributed by atoms with E-state index >= 15 is 0 Å². The Kier molecular flexibility index (Phi) is 5.64. The first-order valence-electron chi connectivity index (χ1n) is 7.32. The summed E-state index contributed by atoms with van der Waals surface area (Å²) in [6, 6.07) is 9.94. The molecule has 0 saturated heterocycles. The van der Waals surface area contributed by atoms with E-state index in [9.17, 15) is 13.2 Å². The van der Waals surface area contributed by atoms with Crippen LogP contribution >= 0.6 is 11.6 Å². The SMILES string of the molecule is Cc1ccc(S(=O)(=O)NCC(=O)Nc2cc(Cl)ccc2C)cc1C. The molecule has 0 bridgehead atoms. The van der Waals surface area contributed by atoms with Crippen LogP contribution < -0.4 is 10.0 Å². The number of nitrogens with one attached hydrogen (secondary N) is 2. The molecule has 0 heterocycles. The predicted octanol–water partition coefficient (Wildman–Crippen LogP) is 3.18. The van der Waals surface area contributed by atoms with Crippen molar-refractivity contribution in [1.82, 2.24) is 4.72 Å². The van der Waals surface area contributed by atoms with E-state index in [0.29, 0.717) is 10.7 Å². The number of carbonyl (C=O) groups excluding carboxylic acids is 1. The van der Waals surface area contributed by atoms with Gasteiger partial charge in [0.05, 0.1) is 11.4 Å². The number of halogens is 1. The van der Waals surface area contributed by atoms with Gasteiger partial charge in [0, 0.05) is 10.7 Å². The van der Waals surface area contributed by atoms with Gasteiger partial charge in [-0.25, -0.2) is 13.1 Å². The zero-order valence-electron chi connectivity index (χ0n) is 13.7. The molecular formula is C17H19ClN2O3S. The Morgan fingerprint density at radius 1 is 1.00 bits per heavy atom. The first kappa shape index (κ1) is 18.4. The van der Waals surface area contributed by atoms with Crippen LogP contribution in [0, 0.1) is 20.8 Å². The van der Waals surface area contributed by atoms with Gasteiger partial charge in [-0.2, -0.15) is 0 Å². The molecule has 1 amide bonds. The van der Waals surface area contributed by atoms with E-state index in [2.05, 4.69) is 10.0 Å². The number of hydrogen-bond acceptors (Lipinski definition) is 3. The summed E-state index contributed by atoms with van der Waals surface area (Å²) >= 11 is 5.89. The van der Waals surface area contributed by atoms with Crippen LogP contribution in [0.3, 0.4) is 0 Å². The first-order chi connectivity index (χ1) is 11.2. The third kappa shape index (κ3) is 4.56. The molecule has 2 aromatic carbocycles. The lowest BCUT2D eigenvalue weighted by Gasteiger charge is -2.11. The normalized spacial score (nSPS) is 11.3. The zero-order valence-corrected chi connectivity index (χ0v) is 15.3. The molecule has 0 aliphatic rings. The van der Waals surface area contributed by atoms with Gasteiger partial charge in [-0.3, -0.25) is 4.79 Å². The smallest absolute Gasteiger partial charge is 0.241 e. The average molecular weight is 367 g/mol. The van der Waals surface area contributed by atoms with Crippen molar-refractivity contribution in [3.63, 3.8) is 0 Å². The lowest BCUT2D eigenvalue weighted by molar-refractivity contribution is -0.115. The Balaban J connectivity index is 2.04. The number of hydrogen-bond donors (Lipinski definition) is 2. The van der Waals surface area contributed by atoms with Crippen LogP contribution in [0.4, 0.5) is 5.69 Å². The standard InChI is InChI=1S/C17H19ClN2O3S/c1-11-5-7-15(8-13(11)3)24(22,23)19-10-17(21)20-16-9-14(18)6-4-12(16)2/h4-9,19H,10H2,1-3H3,(H,20,21). The lowest BCUT2D eigenvalue weighted by Crippen LogP contribution is -2.33. The topological polar surface area (TPSA) is 75.3 Å². The minimum atomic E-state index is -3.74. The summed E-state index contributed by atoms with van der Waals surface area (Å²) in [6.07, 6.45) is 0. The number of rotatable bonds is 5. The van der Waals surface area contributed by atoms with Crippen molar-refractivity contribution in [1.29, 1.82) is 0 Å². The van der Waals surface area contributed by atoms with Gasteiger partial charge in [0.25, 0.3) is 0 Å². The number of amides is 1. The van der Waals surface area contributed by atoms with Crippen LogP contribution in [0.1, 0.15) is 16.7 Å². The van der Waals surface area contributed by atoms with Gasteiger partial charge >= 0.3 is 0 Å². The van der Waals surface area contributed by atoms with Crippen molar-refractivity contribution in [2.75, 3.05) is 11.9 Å². The highest BCUT2D eigenvalue weighted by Crippen LogP contribution is 2.20. The van der Waals surface area contributed by atoms with E-state index in [0.717, 1.165) is 16.7 Å². The van der Waals surface area contributed by atoms with Crippen molar-refractivity contribution < 1.29 is 13.2 Å². The highest BCUT2D eigenvalue weighted by Gasteiger charge is 2.16. The van der Waals surface area contributed by atoms with Crippen LogP contribution in [0.2, 0.25) is 5.02 Å². The molecule has 24 heavy (non-hydrogen) atoms. The largest absolute Gasteiger partial charge is 0.325 e. The average Bonchev–Trinajstić information content (AvgIpc) is 2.51. The first-order valence-corrected chi connectivity index (χ1v) is 9.18. The highest BCUT2D eigenvalue weighted by atomic mass is 35.5. The fourth-order valence-electron chi connectivity index (χ4n) is 2.05. The number of aryl methyl sites for hydroxylation is 3. The van der Waals surface area contributed by atoms with E-state index in [-0.39, 0.29) is 11.4 Å². The quantitative estimate of drug-likeness (QED) is 0.853. The van der Waals surface area contributed by atoms with Crippen LogP contribution in [0.25, 0.3) is 0 Å². The summed E-state index contributed by atoms with van der Waals surface area (Å²) in [6.45, 7) is 5.20. The molecule has 2 N–H and O–H groups in total. The molecule has 0 spiro atoms.